The van der Waals surface area contributed by atoms with Crippen molar-refractivity contribution in [3.05, 3.63) is 58.9 Å². The highest BCUT2D eigenvalue weighted by molar-refractivity contribution is 7.81. The van der Waals surface area contributed by atoms with Crippen molar-refractivity contribution in [2.45, 2.75) is 31.0 Å². The molecule has 0 radical (unpaired) electrons. The van der Waals surface area contributed by atoms with Gasteiger partial charge >= 0.3 is 6.18 Å². The number of hydrogen-bond acceptors (Lipinski definition) is 4. The van der Waals surface area contributed by atoms with Gasteiger partial charge in [-0.3, -0.25) is 14.5 Å². The van der Waals surface area contributed by atoms with Crippen LogP contribution in [0.1, 0.15) is 40.7 Å². The maximum atomic E-state index is 14.8. The van der Waals surface area contributed by atoms with E-state index in [-0.39, 0.29) is 22.1 Å². The molecule has 1 spiro atoms. The van der Waals surface area contributed by atoms with Crippen LogP contribution in [0.2, 0.25) is 0 Å². The lowest BCUT2D eigenvalue weighted by Gasteiger charge is -2.43. The van der Waals surface area contributed by atoms with Crippen molar-refractivity contribution in [2.24, 2.45) is 0 Å². The Hall–Kier alpha value is -3.52. The fourth-order valence-corrected chi connectivity index (χ4v) is 4.74. The largest absolute Gasteiger partial charge is 0.417 e. The first-order chi connectivity index (χ1) is 15.9. The molecule has 0 N–H and O–H groups in total. The van der Waals surface area contributed by atoms with Crippen LogP contribution in [0.15, 0.2) is 36.4 Å². The van der Waals surface area contributed by atoms with Gasteiger partial charge in [-0.15, -0.1) is 0 Å². The summed E-state index contributed by atoms with van der Waals surface area (Å²) in [6.07, 6.45) is -3.37. The number of carbonyl (C=O) groups excluding carboxylic acids is 2. The van der Waals surface area contributed by atoms with Crippen molar-refractivity contribution in [1.82, 2.24) is 4.90 Å². The third-order valence-electron chi connectivity index (χ3n) is 6.13. The molecule has 4 rings (SSSR count). The topological polar surface area (TPSA) is 67.7 Å². The molecule has 6 nitrogen and oxygen atoms in total. The summed E-state index contributed by atoms with van der Waals surface area (Å²) in [4.78, 5) is 29.3. The van der Waals surface area contributed by atoms with E-state index in [1.165, 1.54) is 48.2 Å². The second-order valence-electron chi connectivity index (χ2n) is 8.35. The molecule has 0 unspecified atom stereocenters. The van der Waals surface area contributed by atoms with Crippen LogP contribution in [0.3, 0.4) is 0 Å². The van der Waals surface area contributed by atoms with Gasteiger partial charge in [0.1, 0.15) is 11.4 Å². The molecule has 0 atom stereocenters. The van der Waals surface area contributed by atoms with Gasteiger partial charge in [0.2, 0.25) is 0 Å². The lowest BCUT2D eigenvalue weighted by Crippen LogP contribution is -2.55. The first-order valence-electron chi connectivity index (χ1n) is 10.2. The van der Waals surface area contributed by atoms with Crippen LogP contribution >= 0.6 is 12.2 Å². The lowest BCUT2D eigenvalue weighted by atomic mass is 9.75. The molecule has 0 bridgehead atoms. The number of amides is 2. The summed E-state index contributed by atoms with van der Waals surface area (Å²) in [5, 5.41) is 8.95. The normalized spacial score (nSPS) is 17.1. The molecular weight excluding hydrogens is 472 g/mol. The summed E-state index contributed by atoms with van der Waals surface area (Å²) >= 11 is 5.51. The van der Waals surface area contributed by atoms with Crippen LogP contribution in [-0.4, -0.2) is 41.5 Å². The number of thiocarbonyl (C=S) groups is 1. The van der Waals surface area contributed by atoms with Gasteiger partial charge in [-0.05, 0) is 67.9 Å². The highest BCUT2D eigenvalue weighted by Gasteiger charge is 2.59. The maximum absolute atomic E-state index is 14.8. The highest BCUT2D eigenvalue weighted by atomic mass is 32.1. The Morgan fingerprint density at radius 1 is 1.15 bits per heavy atom. The van der Waals surface area contributed by atoms with E-state index in [0.29, 0.717) is 19.3 Å². The minimum atomic E-state index is -4.81. The van der Waals surface area contributed by atoms with E-state index >= 15 is 0 Å². The van der Waals surface area contributed by atoms with Gasteiger partial charge in [0.25, 0.3) is 11.8 Å². The average molecular weight is 490 g/mol. The minimum absolute atomic E-state index is 0.103. The molecule has 1 aliphatic carbocycles. The van der Waals surface area contributed by atoms with Gasteiger partial charge in [0, 0.05) is 19.8 Å². The van der Waals surface area contributed by atoms with E-state index in [0.717, 1.165) is 23.1 Å². The Morgan fingerprint density at radius 3 is 2.29 bits per heavy atom. The zero-order chi connectivity index (χ0) is 25.0. The Kier molecular flexibility index (Phi) is 5.60. The van der Waals surface area contributed by atoms with Crippen molar-refractivity contribution >= 4 is 40.5 Å². The first kappa shape index (κ1) is 23.6. The van der Waals surface area contributed by atoms with Gasteiger partial charge < -0.3 is 9.80 Å². The van der Waals surface area contributed by atoms with Crippen LogP contribution in [0, 0.1) is 17.1 Å². The number of benzene rings is 2. The number of anilines is 2. The first-order valence-corrected chi connectivity index (χ1v) is 10.6. The zero-order valence-electron chi connectivity index (χ0n) is 18.1. The standard InChI is InChI=1S/C23H18F4N4O2S/c1-29(2)19(32)16-7-6-15(11-18(16)24)31-21(34)30(20(33)22(31)8-3-9-22)14-5-4-13(12-28)17(10-14)23(25,26)27/h4-7,10-11H,3,8-9H2,1-2H3. The monoisotopic (exact) mass is 490 g/mol. The number of hydrogen-bond donors (Lipinski definition) is 0. The number of halogens is 4. The summed E-state index contributed by atoms with van der Waals surface area (Å²) < 4.78 is 55.3. The number of nitriles is 1. The predicted octanol–water partition coefficient (Wildman–Crippen LogP) is 4.48. The van der Waals surface area contributed by atoms with Crippen molar-refractivity contribution in [2.75, 3.05) is 23.9 Å². The summed E-state index contributed by atoms with van der Waals surface area (Å²) in [7, 11) is 2.97. The molecule has 2 amide bonds. The molecule has 2 aliphatic rings. The van der Waals surface area contributed by atoms with E-state index in [9.17, 15) is 27.2 Å². The quantitative estimate of drug-likeness (QED) is 0.469. The maximum Gasteiger partial charge on any atom is 0.417 e. The summed E-state index contributed by atoms with van der Waals surface area (Å²) in [5.74, 6) is -1.87. The van der Waals surface area contributed by atoms with Crippen molar-refractivity contribution in [3.63, 3.8) is 0 Å². The third-order valence-corrected chi connectivity index (χ3v) is 6.49. The number of nitrogens with zero attached hydrogens (tertiary/aromatic N) is 4. The molecule has 1 heterocycles. The molecule has 11 heteroatoms. The van der Waals surface area contributed by atoms with E-state index in [1.807, 2.05) is 0 Å². The van der Waals surface area contributed by atoms with E-state index < -0.39 is 40.5 Å². The molecule has 2 aromatic rings. The van der Waals surface area contributed by atoms with Crippen molar-refractivity contribution < 1.29 is 27.2 Å². The Balaban J connectivity index is 1.79. The molecule has 1 aliphatic heterocycles. The molecule has 2 aromatic carbocycles. The van der Waals surface area contributed by atoms with E-state index in [1.54, 1.807) is 0 Å². The second-order valence-corrected chi connectivity index (χ2v) is 8.71. The SMILES string of the molecule is CN(C)C(=O)c1ccc(N2C(=S)N(c3ccc(C#N)c(C(F)(F)F)c3)C(=O)C23CCC3)cc1F. The smallest absolute Gasteiger partial charge is 0.345 e. The van der Waals surface area contributed by atoms with Crippen LogP contribution in [-0.2, 0) is 11.0 Å². The molecule has 1 saturated heterocycles. The third kappa shape index (κ3) is 3.49. The summed E-state index contributed by atoms with van der Waals surface area (Å²) in [6.45, 7) is 0. The fraction of sp³-hybridized carbons (Fsp3) is 0.304. The van der Waals surface area contributed by atoms with Gasteiger partial charge in [-0.25, -0.2) is 4.39 Å². The molecule has 0 aromatic heterocycles. The summed E-state index contributed by atoms with van der Waals surface area (Å²) in [6, 6.07) is 8.29. The number of rotatable bonds is 3. The average Bonchev–Trinajstić information content (AvgIpc) is 2.98. The van der Waals surface area contributed by atoms with Crippen LogP contribution in [0.5, 0.6) is 0 Å². The fourth-order valence-electron chi connectivity index (χ4n) is 4.27. The predicted molar refractivity (Wildman–Crippen MR) is 120 cm³/mol. The van der Waals surface area contributed by atoms with Crippen molar-refractivity contribution in [3.8, 4) is 6.07 Å². The molecule has 2 fully saturated rings. The zero-order valence-corrected chi connectivity index (χ0v) is 18.9. The minimum Gasteiger partial charge on any atom is -0.345 e. The number of alkyl halides is 3. The Bertz CT molecular complexity index is 1260. The van der Waals surface area contributed by atoms with Gasteiger partial charge in [0.15, 0.2) is 5.11 Å². The molecule has 34 heavy (non-hydrogen) atoms. The Morgan fingerprint density at radius 2 is 1.79 bits per heavy atom. The number of carbonyl (C=O) groups is 2. The second kappa shape index (κ2) is 8.06. The van der Waals surface area contributed by atoms with Crippen molar-refractivity contribution in [1.29, 1.82) is 5.26 Å². The van der Waals surface area contributed by atoms with Gasteiger partial charge in [0.05, 0.1) is 28.4 Å². The van der Waals surface area contributed by atoms with Gasteiger partial charge in [-0.2, -0.15) is 18.4 Å². The Labute approximate surface area is 198 Å². The lowest BCUT2D eigenvalue weighted by molar-refractivity contribution is -0.137. The molecule has 1 saturated carbocycles. The van der Waals surface area contributed by atoms with Gasteiger partial charge in [-0.1, -0.05) is 0 Å². The van der Waals surface area contributed by atoms with Crippen LogP contribution < -0.4 is 9.80 Å². The highest BCUT2D eigenvalue weighted by Crippen LogP contribution is 2.48. The van der Waals surface area contributed by atoms with Crippen LogP contribution in [0.25, 0.3) is 0 Å². The molecule has 176 valence electrons. The summed E-state index contributed by atoms with van der Waals surface area (Å²) in [5.41, 5.74) is -2.98. The molecular formula is C23H18F4N4O2S. The van der Waals surface area contributed by atoms with E-state index in [4.69, 9.17) is 17.5 Å². The van der Waals surface area contributed by atoms with E-state index in [2.05, 4.69) is 0 Å². The van der Waals surface area contributed by atoms with Crippen LogP contribution in [0.4, 0.5) is 28.9 Å².